The molecule has 2 aliphatic heterocycles. The Labute approximate surface area is 210 Å². The predicted molar refractivity (Wildman–Crippen MR) is 141 cm³/mol. The van der Waals surface area contributed by atoms with Gasteiger partial charge in [-0.1, -0.05) is 12.1 Å². The molecule has 0 atom stereocenters. The zero-order chi connectivity index (χ0) is 22.1. The summed E-state index contributed by atoms with van der Waals surface area (Å²) in [6.45, 7) is 11.6. The third-order valence-corrected chi connectivity index (χ3v) is 5.85. The molecule has 9 heteroatoms. The lowest BCUT2D eigenvalue weighted by Crippen LogP contribution is -2.53. The molecule has 2 heterocycles. The lowest BCUT2D eigenvalue weighted by atomic mass is 10.2. The molecule has 2 aliphatic rings. The van der Waals surface area contributed by atoms with E-state index in [1.54, 1.807) is 19.0 Å². The highest BCUT2D eigenvalue weighted by molar-refractivity contribution is 14.0. The summed E-state index contributed by atoms with van der Waals surface area (Å²) in [4.78, 5) is 25.5. The fourth-order valence-electron chi connectivity index (χ4n) is 3.88. The number of amides is 1. The first-order valence-corrected chi connectivity index (χ1v) is 11.4. The maximum absolute atomic E-state index is 12.1. The van der Waals surface area contributed by atoms with Gasteiger partial charge in [0.2, 0.25) is 5.91 Å². The van der Waals surface area contributed by atoms with Crippen LogP contribution in [0.5, 0.6) is 0 Å². The minimum Gasteiger partial charge on any atom is -0.379 e. The van der Waals surface area contributed by atoms with Crippen LogP contribution in [0, 0.1) is 6.92 Å². The van der Waals surface area contributed by atoms with E-state index in [1.807, 2.05) is 0 Å². The molecule has 3 rings (SSSR count). The van der Waals surface area contributed by atoms with Gasteiger partial charge in [-0.15, -0.1) is 24.0 Å². The van der Waals surface area contributed by atoms with Crippen LogP contribution in [0.3, 0.4) is 0 Å². The third kappa shape index (κ3) is 8.40. The summed E-state index contributed by atoms with van der Waals surface area (Å²) in [6, 6.07) is 8.67. The first kappa shape index (κ1) is 26.7. The molecule has 0 spiro atoms. The molecule has 32 heavy (non-hydrogen) atoms. The first-order chi connectivity index (χ1) is 15.0. The van der Waals surface area contributed by atoms with E-state index in [1.165, 1.54) is 11.3 Å². The maximum atomic E-state index is 12.1. The number of piperazine rings is 1. The van der Waals surface area contributed by atoms with Gasteiger partial charge in [-0.25, -0.2) is 4.99 Å². The molecule has 1 aromatic carbocycles. The lowest BCUT2D eigenvalue weighted by Gasteiger charge is -2.38. The van der Waals surface area contributed by atoms with Gasteiger partial charge in [-0.05, 0) is 37.6 Å². The average molecular weight is 559 g/mol. The molecule has 0 aromatic heterocycles. The van der Waals surface area contributed by atoms with E-state index in [9.17, 15) is 4.79 Å². The van der Waals surface area contributed by atoms with Crippen molar-refractivity contribution < 1.29 is 9.53 Å². The van der Waals surface area contributed by atoms with Crippen molar-refractivity contribution in [2.75, 3.05) is 91.1 Å². The fourth-order valence-corrected chi connectivity index (χ4v) is 3.88. The Bertz CT molecular complexity index is 731. The van der Waals surface area contributed by atoms with E-state index in [0.29, 0.717) is 0 Å². The second kappa shape index (κ2) is 13.8. The maximum Gasteiger partial charge on any atom is 0.243 e. The van der Waals surface area contributed by atoms with Crippen LogP contribution in [0.2, 0.25) is 0 Å². The molecule has 0 bridgehead atoms. The summed E-state index contributed by atoms with van der Waals surface area (Å²) in [6.07, 6.45) is 1.05. The Kier molecular flexibility index (Phi) is 11.5. The molecule has 1 amide bonds. The van der Waals surface area contributed by atoms with Crippen molar-refractivity contribution in [2.24, 2.45) is 4.99 Å². The van der Waals surface area contributed by atoms with E-state index in [4.69, 9.17) is 4.74 Å². The molecule has 0 unspecified atom stereocenters. The van der Waals surface area contributed by atoms with Crippen LogP contribution in [0.25, 0.3) is 0 Å². The van der Waals surface area contributed by atoms with Crippen LogP contribution in [0.15, 0.2) is 29.3 Å². The number of nitrogens with zero attached hydrogens (tertiary/aromatic N) is 5. The monoisotopic (exact) mass is 558 g/mol. The Morgan fingerprint density at radius 2 is 1.84 bits per heavy atom. The lowest BCUT2D eigenvalue weighted by molar-refractivity contribution is -0.127. The summed E-state index contributed by atoms with van der Waals surface area (Å²) < 4.78 is 5.42. The van der Waals surface area contributed by atoms with Crippen LogP contribution < -0.4 is 10.2 Å². The first-order valence-electron chi connectivity index (χ1n) is 11.4. The molecular weight excluding hydrogens is 519 g/mol. The zero-order valence-electron chi connectivity index (χ0n) is 19.8. The van der Waals surface area contributed by atoms with E-state index < -0.39 is 0 Å². The Morgan fingerprint density at radius 3 is 2.50 bits per heavy atom. The molecule has 1 aromatic rings. The molecule has 0 aliphatic carbocycles. The highest BCUT2D eigenvalue weighted by atomic mass is 127. The summed E-state index contributed by atoms with van der Waals surface area (Å²) >= 11 is 0. The second-order valence-corrected chi connectivity index (χ2v) is 8.48. The van der Waals surface area contributed by atoms with Gasteiger partial charge in [0.05, 0.1) is 13.2 Å². The molecular formula is C23H39IN6O2. The molecule has 2 fully saturated rings. The van der Waals surface area contributed by atoms with Crippen LogP contribution in [-0.4, -0.2) is 113 Å². The van der Waals surface area contributed by atoms with Crippen LogP contribution in [0.4, 0.5) is 5.69 Å². The SMILES string of the molecule is Cc1cccc(N2CCN(C(=NCC(=O)N(C)C)NCCCN3CCOCC3)CC2)c1.I. The van der Waals surface area contributed by atoms with Crippen molar-refractivity contribution in [3.8, 4) is 0 Å². The van der Waals surface area contributed by atoms with Crippen LogP contribution in [-0.2, 0) is 9.53 Å². The number of aliphatic imine (C=N–C) groups is 1. The third-order valence-electron chi connectivity index (χ3n) is 5.85. The zero-order valence-corrected chi connectivity index (χ0v) is 22.1. The number of likely N-dealkylation sites (N-methyl/N-ethyl adjacent to an activating group) is 1. The predicted octanol–water partition coefficient (Wildman–Crippen LogP) is 1.49. The standard InChI is InChI=1S/C23H38N6O2.HI/c1-20-6-4-7-21(18-20)28-10-12-29(13-11-28)23(25-19-22(30)26(2)3)24-8-5-9-27-14-16-31-17-15-27;/h4,6-7,18H,5,8-17,19H2,1-3H3,(H,24,25);1H. The molecule has 0 saturated carbocycles. The van der Waals surface area contributed by atoms with Gasteiger partial charge in [0, 0.05) is 65.6 Å². The summed E-state index contributed by atoms with van der Waals surface area (Å²) in [7, 11) is 3.54. The van der Waals surface area contributed by atoms with Gasteiger partial charge in [-0.2, -0.15) is 0 Å². The number of halogens is 1. The number of carbonyl (C=O) groups is 1. The van der Waals surface area contributed by atoms with Crippen molar-refractivity contribution in [2.45, 2.75) is 13.3 Å². The minimum atomic E-state index is 0. The van der Waals surface area contributed by atoms with Crippen molar-refractivity contribution >= 4 is 41.5 Å². The number of guanidine groups is 1. The Hall–Kier alpha value is -1.59. The van der Waals surface area contributed by atoms with Gasteiger partial charge in [-0.3, -0.25) is 9.69 Å². The van der Waals surface area contributed by atoms with Gasteiger partial charge in [0.1, 0.15) is 6.54 Å². The van der Waals surface area contributed by atoms with Gasteiger partial charge in [0.15, 0.2) is 5.96 Å². The molecule has 1 N–H and O–H groups in total. The number of rotatable bonds is 7. The van der Waals surface area contributed by atoms with E-state index in [0.717, 1.165) is 78.0 Å². The summed E-state index contributed by atoms with van der Waals surface area (Å²) in [5.41, 5.74) is 2.56. The van der Waals surface area contributed by atoms with Crippen molar-refractivity contribution in [1.82, 2.24) is 20.0 Å². The Morgan fingerprint density at radius 1 is 1.12 bits per heavy atom. The van der Waals surface area contributed by atoms with E-state index in [-0.39, 0.29) is 36.4 Å². The van der Waals surface area contributed by atoms with Gasteiger partial charge >= 0.3 is 0 Å². The fraction of sp³-hybridized carbons (Fsp3) is 0.652. The molecule has 0 radical (unpaired) electrons. The van der Waals surface area contributed by atoms with E-state index >= 15 is 0 Å². The van der Waals surface area contributed by atoms with Crippen LogP contribution in [0.1, 0.15) is 12.0 Å². The normalized spacial score (nSPS) is 17.7. The topological polar surface area (TPSA) is 63.7 Å². The number of anilines is 1. The van der Waals surface area contributed by atoms with Crippen molar-refractivity contribution in [1.29, 1.82) is 0 Å². The highest BCUT2D eigenvalue weighted by Crippen LogP contribution is 2.17. The number of benzene rings is 1. The summed E-state index contributed by atoms with van der Waals surface area (Å²) in [5, 5.41) is 3.52. The quantitative estimate of drug-likeness (QED) is 0.237. The van der Waals surface area contributed by atoms with Crippen molar-refractivity contribution in [3.63, 3.8) is 0 Å². The number of morpholine rings is 1. The second-order valence-electron chi connectivity index (χ2n) is 8.48. The number of hydrogen-bond donors (Lipinski definition) is 1. The van der Waals surface area contributed by atoms with Crippen LogP contribution >= 0.6 is 24.0 Å². The minimum absolute atomic E-state index is 0. The number of ether oxygens (including phenoxy) is 1. The molecule has 2 saturated heterocycles. The number of hydrogen-bond acceptors (Lipinski definition) is 5. The molecule has 8 nitrogen and oxygen atoms in total. The smallest absolute Gasteiger partial charge is 0.243 e. The van der Waals surface area contributed by atoms with E-state index in [2.05, 4.69) is 56.2 Å². The number of carbonyl (C=O) groups excluding carboxylic acids is 1. The largest absolute Gasteiger partial charge is 0.379 e. The van der Waals surface area contributed by atoms with Gasteiger partial charge in [0.25, 0.3) is 0 Å². The number of aryl methyl sites for hydroxylation is 1. The number of nitrogens with one attached hydrogen (secondary N) is 1. The average Bonchev–Trinajstić information content (AvgIpc) is 2.79. The summed E-state index contributed by atoms with van der Waals surface area (Å²) in [5.74, 6) is 0.868. The highest BCUT2D eigenvalue weighted by Gasteiger charge is 2.20. The molecule has 180 valence electrons. The van der Waals surface area contributed by atoms with Crippen molar-refractivity contribution in [3.05, 3.63) is 29.8 Å². The Balaban J connectivity index is 0.00000363. The van der Waals surface area contributed by atoms with Gasteiger partial charge < -0.3 is 24.8 Å².